The number of hydrogen-bond acceptors (Lipinski definition) is 29. The van der Waals surface area contributed by atoms with Gasteiger partial charge in [0, 0.05) is 13.8 Å². The number of primary amides is 2. The number of nitrogens with two attached hydrogens (primary N) is 2. The first-order chi connectivity index (χ1) is 46.6. The largest absolute Gasteiger partial charge is 0.479 e. The second-order valence-electron chi connectivity index (χ2n) is 26.9. The molecule has 572 valence electrons. The Morgan fingerprint density at radius 1 is 0.670 bits per heavy atom. The van der Waals surface area contributed by atoms with E-state index in [1.807, 2.05) is 0 Å². The highest BCUT2D eigenvalue weighted by Crippen LogP contribution is 2.49. The average Bonchev–Trinajstić information content (AvgIpc) is 0.749. The Balaban J connectivity index is 1.40. The van der Waals surface area contributed by atoms with E-state index in [1.54, 1.807) is 13.0 Å². The normalized spacial score (nSPS) is 37.0. The molecular weight excluding hydrogens is 1350 g/mol. The Morgan fingerprint density at radius 2 is 1.22 bits per heavy atom. The summed E-state index contributed by atoms with van der Waals surface area (Å²) in [5, 5.41) is 125. The summed E-state index contributed by atoms with van der Waals surface area (Å²) in [4.78, 5) is 75.6. The van der Waals surface area contributed by atoms with E-state index in [2.05, 4.69) is 76.1 Å². The minimum atomic E-state index is -5.80. The van der Waals surface area contributed by atoms with Crippen LogP contribution in [0.3, 0.4) is 0 Å². The van der Waals surface area contributed by atoms with Crippen LogP contribution in [0.1, 0.15) is 121 Å². The maximum atomic E-state index is 14.0. The number of ether oxygens (including phenoxy) is 11. The molecule has 5 saturated heterocycles. The molecule has 0 aromatic heterocycles. The fourth-order valence-electron chi connectivity index (χ4n) is 11.6. The number of hydrogen-bond donors (Lipinski definition) is 16. The van der Waals surface area contributed by atoms with Crippen LogP contribution >= 0.6 is 7.82 Å². The molecule has 0 saturated carbocycles. The van der Waals surface area contributed by atoms with E-state index in [0.717, 1.165) is 64.0 Å². The van der Waals surface area contributed by atoms with Crippen molar-refractivity contribution in [1.82, 2.24) is 10.6 Å². The highest BCUT2D eigenvalue weighted by atomic mass is 31.2. The molecule has 0 aromatic carbocycles. The van der Waals surface area contributed by atoms with Gasteiger partial charge in [-0.1, -0.05) is 73.1 Å². The van der Waals surface area contributed by atoms with Crippen molar-refractivity contribution in [3.8, 4) is 0 Å². The lowest BCUT2D eigenvalue weighted by atomic mass is 9.85. The van der Waals surface area contributed by atoms with Gasteiger partial charge in [-0.2, -0.15) is 0 Å². The summed E-state index contributed by atoms with van der Waals surface area (Å²) in [6.07, 6.45) is -30.5. The lowest BCUT2D eigenvalue weighted by Crippen LogP contribution is -2.72. The van der Waals surface area contributed by atoms with E-state index in [1.165, 1.54) is 25.0 Å². The van der Waals surface area contributed by atoms with Crippen LogP contribution in [0.4, 0.5) is 4.79 Å². The molecule has 0 spiro atoms. The van der Waals surface area contributed by atoms with E-state index >= 15 is 0 Å². The van der Waals surface area contributed by atoms with Gasteiger partial charge in [-0.05, 0) is 98.8 Å². The number of phosphoric ester groups is 1. The number of rotatable bonds is 35. The topological polar surface area (TPSA) is 541 Å². The van der Waals surface area contributed by atoms with Gasteiger partial charge in [-0.15, -0.1) is 0 Å². The zero-order chi connectivity index (χ0) is 75.1. The molecule has 0 bridgehead atoms. The highest BCUT2D eigenvalue weighted by molar-refractivity contribution is 7.47. The lowest BCUT2D eigenvalue weighted by Gasteiger charge is -2.52. The number of allylic oxidation sites excluding steroid dienone is 8. The first-order valence-corrected chi connectivity index (χ1v) is 34.3. The molecule has 27 atom stereocenters. The third-order valence-electron chi connectivity index (χ3n) is 17.5. The molecule has 18 N–H and O–H groups in total. The Labute approximate surface area is 579 Å². The van der Waals surface area contributed by atoms with E-state index in [9.17, 15) is 89.6 Å². The van der Waals surface area contributed by atoms with Crippen LogP contribution in [0.25, 0.3) is 0 Å². The van der Waals surface area contributed by atoms with Crippen LogP contribution < -0.4 is 22.1 Å². The number of aliphatic hydroxyl groups excluding tert-OH is 9. The Hall–Kier alpha value is -4.84. The first kappa shape index (κ1) is 85.8. The molecule has 5 rings (SSSR count). The number of carboxylic acid groups (broad SMARTS) is 1. The molecule has 0 aliphatic carbocycles. The van der Waals surface area contributed by atoms with E-state index < -0.39 is 216 Å². The molecule has 100 heavy (non-hydrogen) atoms. The molecule has 1 unspecified atom stereocenters. The Kier molecular flexibility index (Phi) is 32.8. The standard InChI is InChI=1S/C64H105N4O31P/c1-29(2)16-15-18-30(3)19-20-32(5)21-24-63(10,11)23-14-13-17-31(4)22-25-87-39(56(81)82)28-89-100(85,86)99-61-52(53(98-62(66)83)64(12,84)54(97-61)55(65)80)96-58-41(68-36(9)71)45(75)51(38(93-58)27-88-59-48(78)47(77)43(73)37(26-69)92-59)95-57-40(67-35(8)70)44(74)50(34(7)91-57)94-60-49(79)46(76)42(72)33(6)90-60/h14,16,19,22-23,33-34,37-54,57-61,69,72-79,84H,5,13,15,17-18,20-21,24-28H2,1-4,6-12H3,(H2,65,80)(H2,66,83)(H,67,70)(H,68,71)(H,81,82)(H,85,86)/b23-14+,30-19+,31-22+/t33-,34-,37-,38-,39+,40-,41-,42+,43-,44-,45-,46+,47+,48-,49-,50-,51-,52-,53-,54-,57+,58+,59-,60+,61-,64+/m1/s1. The van der Waals surface area contributed by atoms with Crippen LogP contribution in [-0.4, -0.2) is 276 Å². The minimum Gasteiger partial charge on any atom is -0.479 e. The number of amides is 4. The molecule has 4 amide bonds. The van der Waals surface area contributed by atoms with Gasteiger partial charge >= 0.3 is 19.9 Å². The Bertz CT molecular complexity index is 2890. The summed E-state index contributed by atoms with van der Waals surface area (Å²) in [7, 11) is -5.80. The smallest absolute Gasteiger partial charge is 0.474 e. The van der Waals surface area contributed by atoms with Gasteiger partial charge in [0.25, 0.3) is 0 Å². The molecule has 35 nitrogen and oxygen atoms in total. The SMILES string of the molecule is C=C(C/C=C(\C)CCC=C(C)C)CCC(C)(C)/C=C/CC/C(C)=C/CO[C@@H](COP(=O)(O)O[C@H]1O[C@H](C(N)=O)[C@@](C)(O)[C@H](OC(N)=O)[C@H]1O[C@@H]1O[C@H](CO[C@@H]2O[C@H](CO)[C@@H](O)[C@H](O)[C@H]2O)[C@@H](O[C@@H]2O[C@H](C)[C@@H](O[C@@H]3O[C@H](C)[C@H](O)[C@H](O)[C@H]3O)[C@H](O)[C@H]2NC(C)=O)[C@H](O)[C@H]1NC(C)=O)C(=O)O. The van der Waals surface area contributed by atoms with Crippen LogP contribution in [0, 0.1) is 5.41 Å². The summed E-state index contributed by atoms with van der Waals surface area (Å²) in [5.41, 5.74) is 12.6. The monoisotopic (exact) mass is 1460 g/mol. The van der Waals surface area contributed by atoms with Crippen molar-refractivity contribution >= 4 is 37.6 Å². The molecule has 0 radical (unpaired) electrons. The van der Waals surface area contributed by atoms with Crippen molar-refractivity contribution in [2.75, 3.05) is 26.4 Å². The van der Waals surface area contributed by atoms with Crippen LogP contribution in [0.2, 0.25) is 0 Å². The maximum absolute atomic E-state index is 14.0. The number of aliphatic carboxylic acids is 1. The second-order valence-corrected chi connectivity index (χ2v) is 28.3. The number of nitrogens with one attached hydrogen (secondary N) is 2. The van der Waals surface area contributed by atoms with Crippen LogP contribution in [-0.2, 0) is 84.9 Å². The summed E-state index contributed by atoms with van der Waals surface area (Å²) in [6, 6.07) is -3.76. The zero-order valence-electron chi connectivity index (χ0n) is 58.0. The highest BCUT2D eigenvalue weighted by Gasteiger charge is 2.62. The molecule has 5 fully saturated rings. The summed E-state index contributed by atoms with van der Waals surface area (Å²) >= 11 is 0. The fourth-order valence-corrected chi connectivity index (χ4v) is 12.4. The quantitative estimate of drug-likeness (QED) is 0.0260. The minimum absolute atomic E-state index is 0.130. The maximum Gasteiger partial charge on any atom is 0.474 e. The zero-order valence-corrected chi connectivity index (χ0v) is 58.9. The summed E-state index contributed by atoms with van der Waals surface area (Å²) in [5.74, 6) is -5.00. The number of carbonyl (C=O) groups excluding carboxylic acids is 4. The molecule has 0 aromatic rings. The third kappa shape index (κ3) is 24.4. The number of phosphoric acid groups is 1. The van der Waals surface area contributed by atoms with Gasteiger partial charge in [0.2, 0.25) is 17.7 Å². The molecule has 5 aliphatic rings. The van der Waals surface area contributed by atoms with Crippen molar-refractivity contribution < 1.29 is 151 Å². The number of aliphatic hydroxyl groups is 10. The first-order valence-electron chi connectivity index (χ1n) is 32.8. The predicted molar refractivity (Wildman–Crippen MR) is 345 cm³/mol. The van der Waals surface area contributed by atoms with Crippen LogP contribution in [0.5, 0.6) is 0 Å². The van der Waals surface area contributed by atoms with Gasteiger partial charge < -0.3 is 135 Å². The van der Waals surface area contributed by atoms with Crippen LogP contribution in [0.15, 0.2) is 59.3 Å². The van der Waals surface area contributed by atoms with E-state index in [4.69, 9.17) is 72.6 Å². The van der Waals surface area contributed by atoms with Crippen molar-refractivity contribution in [2.24, 2.45) is 16.9 Å². The lowest BCUT2D eigenvalue weighted by molar-refractivity contribution is -0.375. The van der Waals surface area contributed by atoms with Crippen molar-refractivity contribution in [2.45, 2.75) is 280 Å². The van der Waals surface area contributed by atoms with Gasteiger partial charge in [0.05, 0.1) is 38.6 Å². The molecular formula is C64H105N4O31P. The number of carboxylic acids is 1. The molecule has 5 heterocycles. The second kappa shape index (κ2) is 38.3. The molecule has 5 aliphatic heterocycles. The van der Waals surface area contributed by atoms with E-state index in [0.29, 0.717) is 12.8 Å². The summed E-state index contributed by atoms with van der Waals surface area (Å²) in [6.45, 7) is 18.6. The predicted octanol–water partition coefficient (Wildman–Crippen LogP) is -1.26. The number of carbonyl (C=O) groups is 5. The van der Waals surface area contributed by atoms with Crippen molar-refractivity contribution in [1.29, 1.82) is 0 Å². The molecule has 36 heteroatoms. The van der Waals surface area contributed by atoms with Crippen molar-refractivity contribution in [3.05, 3.63) is 59.3 Å². The van der Waals surface area contributed by atoms with Gasteiger partial charge in [0.1, 0.15) is 90.9 Å². The van der Waals surface area contributed by atoms with Gasteiger partial charge in [-0.3, -0.25) is 23.4 Å². The van der Waals surface area contributed by atoms with E-state index in [-0.39, 0.29) is 12.0 Å². The fraction of sp³-hybridized carbons (Fsp3) is 0.766. The van der Waals surface area contributed by atoms with Gasteiger partial charge in [0.15, 0.2) is 55.9 Å². The summed E-state index contributed by atoms with van der Waals surface area (Å²) < 4.78 is 88.8. The average molecular weight is 1460 g/mol. The van der Waals surface area contributed by atoms with Crippen molar-refractivity contribution in [3.63, 3.8) is 0 Å². The Morgan fingerprint density at radius 3 is 1.81 bits per heavy atom. The third-order valence-corrected chi connectivity index (χ3v) is 18.4. The van der Waals surface area contributed by atoms with Gasteiger partial charge in [-0.25, -0.2) is 14.2 Å².